The van der Waals surface area contributed by atoms with Crippen molar-refractivity contribution in [2.45, 2.75) is 39.2 Å². The standard InChI is InChI=1S/C20H31N3O2/c1-15-6-5-7-17(16(15)2)21-20(25)14-22-10-12-23(13-11-22)18-8-3-4-9-19(18)24/h3-4,8-9,15-17,24H,5-7,10-14H2,1-2H3,(H,21,25)/t15-,16-,17-/m1/s1. The van der Waals surface area contributed by atoms with Crippen molar-refractivity contribution in [2.24, 2.45) is 11.8 Å². The number of anilines is 1. The quantitative estimate of drug-likeness (QED) is 0.880. The second-order valence-electron chi connectivity index (χ2n) is 7.69. The van der Waals surface area contributed by atoms with E-state index in [-0.39, 0.29) is 5.91 Å². The van der Waals surface area contributed by atoms with Gasteiger partial charge >= 0.3 is 0 Å². The smallest absolute Gasteiger partial charge is 0.234 e. The van der Waals surface area contributed by atoms with E-state index >= 15 is 0 Å². The topological polar surface area (TPSA) is 55.8 Å². The summed E-state index contributed by atoms with van der Waals surface area (Å²) in [5.74, 6) is 1.74. The minimum atomic E-state index is 0.155. The van der Waals surface area contributed by atoms with Crippen LogP contribution in [0.5, 0.6) is 5.75 Å². The van der Waals surface area contributed by atoms with E-state index in [0.29, 0.717) is 30.2 Å². The van der Waals surface area contributed by atoms with Crippen molar-refractivity contribution < 1.29 is 9.90 Å². The number of carbonyl (C=O) groups excluding carboxylic acids is 1. The van der Waals surface area contributed by atoms with Gasteiger partial charge in [0.1, 0.15) is 5.75 Å². The average Bonchev–Trinajstić information content (AvgIpc) is 2.60. The molecule has 1 aromatic carbocycles. The third-order valence-electron chi connectivity index (χ3n) is 6.02. The molecule has 5 heteroatoms. The molecule has 0 radical (unpaired) electrons. The van der Waals surface area contributed by atoms with Crippen LogP contribution < -0.4 is 10.2 Å². The van der Waals surface area contributed by atoms with Gasteiger partial charge in [-0.3, -0.25) is 9.69 Å². The summed E-state index contributed by atoms with van der Waals surface area (Å²) in [6.07, 6.45) is 3.61. The van der Waals surface area contributed by atoms with E-state index in [0.717, 1.165) is 38.3 Å². The van der Waals surface area contributed by atoms with Gasteiger partial charge < -0.3 is 15.3 Å². The number of carbonyl (C=O) groups is 1. The van der Waals surface area contributed by atoms with Crippen LogP contribution in [0.3, 0.4) is 0 Å². The van der Waals surface area contributed by atoms with Gasteiger partial charge in [-0.2, -0.15) is 0 Å². The molecule has 0 spiro atoms. The number of phenols is 1. The van der Waals surface area contributed by atoms with E-state index in [1.807, 2.05) is 18.2 Å². The zero-order chi connectivity index (χ0) is 17.8. The second kappa shape index (κ2) is 8.09. The third kappa shape index (κ3) is 4.46. The molecule has 5 nitrogen and oxygen atoms in total. The van der Waals surface area contributed by atoms with Crippen LogP contribution in [-0.4, -0.2) is 54.7 Å². The molecular formula is C20H31N3O2. The van der Waals surface area contributed by atoms with Crippen LogP contribution in [0.25, 0.3) is 0 Å². The van der Waals surface area contributed by atoms with Gasteiger partial charge in [0.15, 0.2) is 0 Å². The Balaban J connectivity index is 1.46. The van der Waals surface area contributed by atoms with Crippen molar-refractivity contribution in [3.63, 3.8) is 0 Å². The van der Waals surface area contributed by atoms with Gasteiger partial charge in [-0.05, 0) is 30.4 Å². The number of amides is 1. The molecule has 3 atom stereocenters. The molecule has 0 aromatic heterocycles. The zero-order valence-corrected chi connectivity index (χ0v) is 15.4. The van der Waals surface area contributed by atoms with E-state index < -0.39 is 0 Å². The monoisotopic (exact) mass is 345 g/mol. The molecule has 138 valence electrons. The molecule has 0 unspecified atom stereocenters. The summed E-state index contributed by atoms with van der Waals surface area (Å²) in [6, 6.07) is 7.79. The lowest BCUT2D eigenvalue weighted by Gasteiger charge is -2.37. The summed E-state index contributed by atoms with van der Waals surface area (Å²) in [4.78, 5) is 16.8. The molecule has 1 aliphatic carbocycles. The summed E-state index contributed by atoms with van der Waals surface area (Å²) in [5, 5.41) is 13.2. The molecule has 3 rings (SSSR count). The summed E-state index contributed by atoms with van der Waals surface area (Å²) in [5.41, 5.74) is 0.886. The summed E-state index contributed by atoms with van der Waals surface area (Å²) < 4.78 is 0. The minimum absolute atomic E-state index is 0.155. The maximum atomic E-state index is 12.4. The molecular weight excluding hydrogens is 314 g/mol. The SMILES string of the molecule is C[C@@H]1[C@H](C)CCC[C@H]1NC(=O)CN1CCN(c2ccccc2O)CC1. The molecule has 2 aliphatic rings. The largest absolute Gasteiger partial charge is 0.506 e. The Labute approximate surface area is 151 Å². The van der Waals surface area contributed by atoms with Gasteiger partial charge in [-0.25, -0.2) is 0 Å². The molecule has 25 heavy (non-hydrogen) atoms. The van der Waals surface area contributed by atoms with Crippen molar-refractivity contribution in [1.82, 2.24) is 10.2 Å². The fraction of sp³-hybridized carbons (Fsp3) is 0.650. The van der Waals surface area contributed by atoms with Gasteiger partial charge in [-0.1, -0.05) is 38.8 Å². The van der Waals surface area contributed by atoms with Gasteiger partial charge in [0.05, 0.1) is 12.2 Å². The molecule has 1 saturated heterocycles. The number of aromatic hydroxyl groups is 1. The van der Waals surface area contributed by atoms with E-state index in [2.05, 4.69) is 29.0 Å². The van der Waals surface area contributed by atoms with Crippen molar-refractivity contribution in [2.75, 3.05) is 37.6 Å². The number of nitrogens with zero attached hydrogens (tertiary/aromatic N) is 2. The molecule has 1 aromatic rings. The van der Waals surface area contributed by atoms with Crippen molar-refractivity contribution in [1.29, 1.82) is 0 Å². The number of benzene rings is 1. The van der Waals surface area contributed by atoms with E-state index in [9.17, 15) is 9.90 Å². The van der Waals surface area contributed by atoms with Crippen LogP contribution in [0.2, 0.25) is 0 Å². The highest BCUT2D eigenvalue weighted by Gasteiger charge is 2.29. The van der Waals surface area contributed by atoms with Crippen LogP contribution in [0, 0.1) is 11.8 Å². The fourth-order valence-electron chi connectivity index (χ4n) is 4.12. The van der Waals surface area contributed by atoms with Crippen LogP contribution in [0.4, 0.5) is 5.69 Å². The van der Waals surface area contributed by atoms with Crippen molar-refractivity contribution in [3.05, 3.63) is 24.3 Å². The molecule has 1 heterocycles. The lowest BCUT2D eigenvalue weighted by atomic mass is 9.78. The molecule has 0 bridgehead atoms. The molecule has 2 N–H and O–H groups in total. The van der Waals surface area contributed by atoms with E-state index in [1.165, 1.54) is 12.8 Å². The Morgan fingerprint density at radius 2 is 1.88 bits per heavy atom. The van der Waals surface area contributed by atoms with Gasteiger partial charge in [0, 0.05) is 32.2 Å². The Morgan fingerprint density at radius 1 is 1.16 bits per heavy atom. The van der Waals surface area contributed by atoms with Gasteiger partial charge in [0.2, 0.25) is 5.91 Å². The number of piperazine rings is 1. The number of nitrogens with one attached hydrogen (secondary N) is 1. The maximum Gasteiger partial charge on any atom is 0.234 e. The first-order valence-corrected chi connectivity index (χ1v) is 9.59. The minimum Gasteiger partial charge on any atom is -0.506 e. The third-order valence-corrected chi connectivity index (χ3v) is 6.02. The summed E-state index contributed by atoms with van der Waals surface area (Å²) in [6.45, 7) is 8.40. The molecule has 1 amide bonds. The number of para-hydroxylation sites is 2. The number of rotatable bonds is 4. The van der Waals surface area contributed by atoms with E-state index in [1.54, 1.807) is 6.07 Å². The number of hydrogen-bond acceptors (Lipinski definition) is 4. The Morgan fingerprint density at radius 3 is 2.60 bits per heavy atom. The van der Waals surface area contributed by atoms with Crippen molar-refractivity contribution in [3.8, 4) is 5.75 Å². The number of hydrogen-bond donors (Lipinski definition) is 2. The molecule has 1 saturated carbocycles. The van der Waals surface area contributed by atoms with E-state index in [4.69, 9.17) is 0 Å². The maximum absolute atomic E-state index is 12.4. The Bertz CT molecular complexity index is 584. The second-order valence-corrected chi connectivity index (χ2v) is 7.69. The Hall–Kier alpha value is -1.75. The van der Waals surface area contributed by atoms with Gasteiger partial charge in [-0.15, -0.1) is 0 Å². The highest BCUT2D eigenvalue weighted by molar-refractivity contribution is 5.78. The highest BCUT2D eigenvalue weighted by Crippen LogP contribution is 2.29. The fourth-order valence-corrected chi connectivity index (χ4v) is 4.12. The number of phenolic OH excluding ortho intramolecular Hbond substituents is 1. The lowest BCUT2D eigenvalue weighted by molar-refractivity contribution is -0.123. The van der Waals surface area contributed by atoms with Crippen molar-refractivity contribution >= 4 is 11.6 Å². The first-order chi connectivity index (χ1) is 12.0. The zero-order valence-electron chi connectivity index (χ0n) is 15.4. The summed E-state index contributed by atoms with van der Waals surface area (Å²) in [7, 11) is 0. The first-order valence-electron chi connectivity index (χ1n) is 9.59. The molecule has 1 aliphatic heterocycles. The predicted molar refractivity (Wildman–Crippen MR) is 101 cm³/mol. The summed E-state index contributed by atoms with van der Waals surface area (Å²) >= 11 is 0. The molecule has 2 fully saturated rings. The van der Waals surface area contributed by atoms with Gasteiger partial charge in [0.25, 0.3) is 0 Å². The van der Waals surface area contributed by atoms with Crippen LogP contribution in [0.15, 0.2) is 24.3 Å². The van der Waals surface area contributed by atoms with Crippen LogP contribution in [0.1, 0.15) is 33.1 Å². The lowest BCUT2D eigenvalue weighted by Crippen LogP contribution is -2.52. The van der Waals surface area contributed by atoms with Crippen LogP contribution >= 0.6 is 0 Å². The predicted octanol–water partition coefficient (Wildman–Crippen LogP) is 2.46. The van der Waals surface area contributed by atoms with Crippen LogP contribution in [-0.2, 0) is 4.79 Å². The normalized spacial score (nSPS) is 27.9. The highest BCUT2D eigenvalue weighted by atomic mass is 16.3. The Kier molecular flexibility index (Phi) is 5.84. The average molecular weight is 345 g/mol. The first kappa shape index (κ1) is 18.1.